The Morgan fingerprint density at radius 3 is 2.70 bits per heavy atom. The molecule has 108 valence electrons. The Kier molecular flexibility index (Phi) is 3.84. The van der Waals surface area contributed by atoms with E-state index >= 15 is 0 Å². The van der Waals surface area contributed by atoms with Crippen molar-refractivity contribution in [1.29, 1.82) is 0 Å². The van der Waals surface area contributed by atoms with Crippen LogP contribution in [-0.2, 0) is 10.2 Å². The molecule has 0 saturated heterocycles. The van der Waals surface area contributed by atoms with Gasteiger partial charge in [0.2, 0.25) is 0 Å². The van der Waals surface area contributed by atoms with E-state index < -0.39 is 5.97 Å². The molecule has 2 N–H and O–H groups in total. The number of hydrogen-bond donors (Lipinski definition) is 2. The number of imidazole rings is 1. The minimum atomic E-state index is -0.747. The van der Waals surface area contributed by atoms with Crippen molar-refractivity contribution in [1.82, 2.24) is 9.97 Å². The van der Waals surface area contributed by atoms with Crippen LogP contribution >= 0.6 is 0 Å². The van der Waals surface area contributed by atoms with Gasteiger partial charge in [0, 0.05) is 12.3 Å². The minimum Gasteiger partial charge on any atom is -0.481 e. The minimum absolute atomic E-state index is 0.157. The van der Waals surface area contributed by atoms with Gasteiger partial charge < -0.3 is 10.1 Å². The third kappa shape index (κ3) is 3.00. The summed E-state index contributed by atoms with van der Waals surface area (Å²) in [5.74, 6) is 0.606. The Morgan fingerprint density at radius 2 is 2.10 bits per heavy atom. The fraction of sp³-hybridized carbons (Fsp3) is 0.500. The lowest BCUT2D eigenvalue weighted by Gasteiger charge is -2.24. The van der Waals surface area contributed by atoms with Gasteiger partial charge in [0.25, 0.3) is 0 Å². The summed E-state index contributed by atoms with van der Waals surface area (Å²) < 4.78 is 0. The second-order valence-electron chi connectivity index (χ2n) is 6.29. The molecule has 1 heterocycles. The van der Waals surface area contributed by atoms with Gasteiger partial charge in [0.15, 0.2) is 0 Å². The van der Waals surface area contributed by atoms with Gasteiger partial charge >= 0.3 is 5.97 Å². The summed E-state index contributed by atoms with van der Waals surface area (Å²) in [6.07, 6.45) is 0.810. The number of carboxylic acid groups (broad SMARTS) is 1. The lowest BCUT2D eigenvalue weighted by molar-refractivity contribution is -0.137. The van der Waals surface area contributed by atoms with Gasteiger partial charge in [0.1, 0.15) is 5.82 Å². The highest BCUT2D eigenvalue weighted by atomic mass is 16.4. The van der Waals surface area contributed by atoms with Crippen molar-refractivity contribution in [2.24, 2.45) is 0 Å². The Labute approximate surface area is 119 Å². The summed E-state index contributed by atoms with van der Waals surface area (Å²) >= 11 is 0. The molecule has 0 saturated carbocycles. The standard InChI is InChI=1S/C16H22N2O2/c1-10(2)15-17-12-6-5-11(9-13(12)18-15)16(3,4)8-7-14(19)20/h5-6,9-10H,7-8H2,1-4H3,(H,17,18)(H,19,20). The van der Waals surface area contributed by atoms with E-state index in [0.717, 1.165) is 22.4 Å². The number of nitrogens with zero attached hydrogens (tertiary/aromatic N) is 1. The molecule has 0 bridgehead atoms. The van der Waals surface area contributed by atoms with Gasteiger partial charge in [-0.25, -0.2) is 4.98 Å². The van der Waals surface area contributed by atoms with Crippen molar-refractivity contribution < 1.29 is 9.90 Å². The van der Waals surface area contributed by atoms with Crippen LogP contribution in [0.3, 0.4) is 0 Å². The van der Waals surface area contributed by atoms with E-state index in [0.29, 0.717) is 12.3 Å². The number of aromatic nitrogens is 2. The topological polar surface area (TPSA) is 66.0 Å². The molecular formula is C16H22N2O2. The summed E-state index contributed by atoms with van der Waals surface area (Å²) in [5, 5.41) is 8.84. The van der Waals surface area contributed by atoms with Gasteiger partial charge in [-0.1, -0.05) is 33.8 Å². The number of rotatable bonds is 5. The van der Waals surface area contributed by atoms with Crippen molar-refractivity contribution in [3.05, 3.63) is 29.6 Å². The van der Waals surface area contributed by atoms with Crippen molar-refractivity contribution in [3.8, 4) is 0 Å². The summed E-state index contributed by atoms with van der Waals surface area (Å²) in [4.78, 5) is 18.7. The molecule has 1 aromatic heterocycles. The smallest absolute Gasteiger partial charge is 0.303 e. The van der Waals surface area contributed by atoms with Crippen molar-refractivity contribution >= 4 is 17.0 Å². The first-order valence-electron chi connectivity index (χ1n) is 7.01. The van der Waals surface area contributed by atoms with Gasteiger partial charge in [-0.05, 0) is 29.5 Å². The number of carboxylic acids is 1. The van der Waals surface area contributed by atoms with Crippen LogP contribution in [0.25, 0.3) is 11.0 Å². The SMILES string of the molecule is CC(C)c1nc2ccc(C(C)(C)CCC(=O)O)cc2[nH]1. The molecule has 0 unspecified atom stereocenters. The second-order valence-corrected chi connectivity index (χ2v) is 6.29. The molecule has 0 amide bonds. The van der Waals surface area contributed by atoms with E-state index in [9.17, 15) is 4.79 Å². The van der Waals surface area contributed by atoms with Crippen LogP contribution in [0.15, 0.2) is 18.2 Å². The van der Waals surface area contributed by atoms with Crippen molar-refractivity contribution in [3.63, 3.8) is 0 Å². The molecule has 2 rings (SSSR count). The third-order valence-electron chi connectivity index (χ3n) is 3.79. The van der Waals surface area contributed by atoms with Crippen LogP contribution in [0.4, 0.5) is 0 Å². The van der Waals surface area contributed by atoms with Gasteiger partial charge in [-0.2, -0.15) is 0 Å². The zero-order valence-electron chi connectivity index (χ0n) is 12.5. The van der Waals surface area contributed by atoms with E-state index in [2.05, 4.69) is 49.8 Å². The van der Waals surface area contributed by atoms with E-state index in [1.807, 2.05) is 6.07 Å². The highest BCUT2D eigenvalue weighted by Crippen LogP contribution is 2.30. The molecule has 4 nitrogen and oxygen atoms in total. The third-order valence-corrected chi connectivity index (χ3v) is 3.79. The van der Waals surface area contributed by atoms with Gasteiger partial charge in [0.05, 0.1) is 11.0 Å². The molecule has 0 fully saturated rings. The average molecular weight is 274 g/mol. The van der Waals surface area contributed by atoms with Crippen LogP contribution in [-0.4, -0.2) is 21.0 Å². The average Bonchev–Trinajstić information content (AvgIpc) is 2.79. The number of carbonyl (C=O) groups is 1. The monoisotopic (exact) mass is 274 g/mol. The summed E-state index contributed by atoms with van der Waals surface area (Å²) in [7, 11) is 0. The molecule has 0 aliphatic heterocycles. The predicted octanol–water partition coefficient (Wildman–Crippen LogP) is 3.83. The van der Waals surface area contributed by atoms with E-state index in [4.69, 9.17) is 5.11 Å². The molecule has 0 aliphatic carbocycles. The molecule has 20 heavy (non-hydrogen) atoms. The van der Waals surface area contributed by atoms with Crippen LogP contribution in [0.2, 0.25) is 0 Å². The number of H-pyrrole nitrogens is 1. The second kappa shape index (κ2) is 5.27. The lowest BCUT2D eigenvalue weighted by Crippen LogP contribution is -2.18. The van der Waals surface area contributed by atoms with Crippen molar-refractivity contribution in [2.75, 3.05) is 0 Å². The molecule has 1 aromatic carbocycles. The fourth-order valence-electron chi connectivity index (χ4n) is 2.29. The number of aromatic amines is 1. The zero-order valence-corrected chi connectivity index (χ0v) is 12.5. The zero-order chi connectivity index (χ0) is 14.9. The normalized spacial score (nSPS) is 12.2. The maximum absolute atomic E-state index is 10.8. The number of aliphatic carboxylic acids is 1. The lowest BCUT2D eigenvalue weighted by atomic mass is 9.80. The Morgan fingerprint density at radius 1 is 1.40 bits per heavy atom. The molecule has 2 aromatic rings. The highest BCUT2D eigenvalue weighted by molar-refractivity contribution is 5.76. The first-order valence-corrected chi connectivity index (χ1v) is 7.01. The Hall–Kier alpha value is -1.84. The molecule has 0 atom stereocenters. The first kappa shape index (κ1) is 14.6. The molecule has 4 heteroatoms. The first-order chi connectivity index (χ1) is 9.29. The number of nitrogens with one attached hydrogen (secondary N) is 1. The van der Waals surface area contributed by atoms with E-state index in [-0.39, 0.29) is 11.8 Å². The van der Waals surface area contributed by atoms with Crippen LogP contribution in [0.5, 0.6) is 0 Å². The quantitative estimate of drug-likeness (QED) is 0.870. The largest absolute Gasteiger partial charge is 0.481 e. The highest BCUT2D eigenvalue weighted by Gasteiger charge is 2.22. The van der Waals surface area contributed by atoms with Gasteiger partial charge in [-0.3, -0.25) is 4.79 Å². The molecule has 0 aliphatic rings. The predicted molar refractivity (Wildman–Crippen MR) is 80.1 cm³/mol. The van der Waals surface area contributed by atoms with Crippen LogP contribution in [0.1, 0.15) is 57.8 Å². The molecule has 0 radical (unpaired) electrons. The maximum atomic E-state index is 10.8. The summed E-state index contributed by atoms with van der Waals surface area (Å²) in [5.41, 5.74) is 2.97. The van der Waals surface area contributed by atoms with Gasteiger partial charge in [-0.15, -0.1) is 0 Å². The summed E-state index contributed by atoms with van der Waals surface area (Å²) in [6, 6.07) is 6.15. The Bertz CT molecular complexity index is 626. The fourth-order valence-corrected chi connectivity index (χ4v) is 2.29. The number of benzene rings is 1. The Balaban J connectivity index is 2.32. The maximum Gasteiger partial charge on any atom is 0.303 e. The molecular weight excluding hydrogens is 252 g/mol. The molecule has 0 spiro atoms. The van der Waals surface area contributed by atoms with E-state index in [1.54, 1.807) is 0 Å². The van der Waals surface area contributed by atoms with Crippen molar-refractivity contribution in [2.45, 2.75) is 51.9 Å². The van der Waals surface area contributed by atoms with Crippen LogP contribution in [0, 0.1) is 0 Å². The number of hydrogen-bond acceptors (Lipinski definition) is 2. The number of fused-ring (bicyclic) bond motifs is 1. The van der Waals surface area contributed by atoms with Crippen LogP contribution < -0.4 is 0 Å². The van der Waals surface area contributed by atoms with E-state index in [1.165, 1.54) is 0 Å². The summed E-state index contributed by atoms with van der Waals surface area (Å²) in [6.45, 7) is 8.37.